The molecule has 2 nitrogen and oxygen atoms in total. The lowest BCUT2D eigenvalue weighted by Crippen LogP contribution is -2.49. The molecule has 0 aliphatic heterocycles. The fourth-order valence-electron chi connectivity index (χ4n) is 3.34. The quantitative estimate of drug-likeness (QED) is 0.405. The van der Waals surface area contributed by atoms with E-state index in [9.17, 15) is 5.11 Å². The first-order chi connectivity index (χ1) is 13.7. The number of thiophene rings is 1. The predicted octanol–water partition coefficient (Wildman–Crippen LogP) is 5.92. The fraction of sp³-hybridized carbons (Fsp3) is 0.250. The van der Waals surface area contributed by atoms with Crippen molar-refractivity contribution in [2.75, 3.05) is 0 Å². The van der Waals surface area contributed by atoms with Gasteiger partial charge in [-0.1, -0.05) is 54.1 Å². The summed E-state index contributed by atoms with van der Waals surface area (Å²) in [6.07, 6.45) is 0. The Balaban J connectivity index is 1.82. The maximum atomic E-state index is 10.4. The third kappa shape index (κ3) is 3.83. The summed E-state index contributed by atoms with van der Waals surface area (Å²) < 4.78 is 8.71. The van der Waals surface area contributed by atoms with Gasteiger partial charge in [-0.25, -0.2) is 0 Å². The molecule has 0 saturated heterocycles. The number of hydrogen-bond acceptors (Lipinski definition) is 3. The molecule has 4 aromatic rings. The van der Waals surface area contributed by atoms with E-state index in [1.807, 2.05) is 37.3 Å². The summed E-state index contributed by atoms with van der Waals surface area (Å²) >= 11 is 8.13. The fourth-order valence-corrected chi connectivity index (χ4v) is 4.76. The molecule has 0 aliphatic carbocycles. The highest BCUT2D eigenvalue weighted by atomic mass is 35.5. The summed E-state index contributed by atoms with van der Waals surface area (Å²) in [5.74, 6) is 0. The molecule has 0 radical (unpaired) electrons. The Hall–Kier alpha value is -1.85. The van der Waals surface area contributed by atoms with Crippen molar-refractivity contribution in [1.29, 1.82) is 0 Å². The number of fused-ring (bicyclic) bond motifs is 3. The van der Waals surface area contributed by atoms with E-state index in [1.165, 1.54) is 25.7 Å². The van der Waals surface area contributed by atoms with Gasteiger partial charge < -0.3 is 9.76 Å². The highest BCUT2D eigenvalue weighted by Crippen LogP contribution is 2.39. The minimum Gasteiger partial charge on any atom is -0.427 e. The Morgan fingerprint density at radius 1 is 0.897 bits per heavy atom. The van der Waals surface area contributed by atoms with Gasteiger partial charge in [-0.05, 0) is 62.5 Å². The van der Waals surface area contributed by atoms with Gasteiger partial charge >= 0.3 is 7.48 Å². The van der Waals surface area contributed by atoms with Gasteiger partial charge in [0.25, 0.3) is 0 Å². The molecule has 1 N–H and O–H groups in total. The highest BCUT2D eigenvalue weighted by molar-refractivity contribution is 7.26. The third-order valence-electron chi connectivity index (χ3n) is 5.82. The first-order valence-corrected chi connectivity index (χ1v) is 10.9. The van der Waals surface area contributed by atoms with Crippen molar-refractivity contribution in [3.05, 3.63) is 65.7 Å². The molecule has 0 unspecified atom stereocenters. The predicted molar refractivity (Wildman–Crippen MR) is 128 cm³/mol. The minimum atomic E-state index is -0.961. The van der Waals surface area contributed by atoms with Gasteiger partial charge in [0.2, 0.25) is 0 Å². The van der Waals surface area contributed by atoms with Crippen LogP contribution in [-0.4, -0.2) is 23.8 Å². The molecule has 1 aromatic heterocycles. The van der Waals surface area contributed by atoms with Crippen LogP contribution in [0.2, 0.25) is 5.02 Å². The average Bonchev–Trinajstić information content (AvgIpc) is 3.05. The summed E-state index contributed by atoms with van der Waals surface area (Å²) in [6.45, 7) is 7.35. The number of rotatable bonds is 5. The Labute approximate surface area is 181 Å². The molecular weight excluding hydrogens is 399 g/mol. The molecule has 29 heavy (non-hydrogen) atoms. The number of aliphatic hydroxyl groups is 1. The van der Waals surface area contributed by atoms with Crippen LogP contribution < -0.4 is 5.46 Å². The van der Waals surface area contributed by atoms with Crippen LogP contribution in [0.4, 0.5) is 0 Å². The number of hydrogen-bond donors (Lipinski definition) is 1. The van der Waals surface area contributed by atoms with E-state index < -0.39 is 11.2 Å². The lowest BCUT2D eigenvalue weighted by Gasteiger charge is -2.37. The van der Waals surface area contributed by atoms with E-state index in [-0.39, 0.29) is 0 Å². The molecule has 0 amide bonds. The van der Waals surface area contributed by atoms with Crippen LogP contribution in [0.1, 0.15) is 27.7 Å². The molecule has 4 rings (SSSR count). The lowest BCUT2D eigenvalue weighted by atomic mass is 9.78. The Morgan fingerprint density at radius 3 is 2.38 bits per heavy atom. The van der Waals surface area contributed by atoms with Crippen LogP contribution in [0.25, 0.3) is 31.3 Å². The third-order valence-corrected chi connectivity index (χ3v) is 7.28. The second-order valence-corrected chi connectivity index (χ2v) is 9.93. The molecule has 0 spiro atoms. The molecular formula is C24H24BClO2S. The van der Waals surface area contributed by atoms with Gasteiger partial charge in [0.1, 0.15) is 0 Å². The molecule has 0 saturated carbocycles. The normalized spacial score (nSPS) is 12.6. The summed E-state index contributed by atoms with van der Waals surface area (Å²) in [5.41, 5.74) is 1.64. The van der Waals surface area contributed by atoms with Crippen molar-refractivity contribution in [1.82, 2.24) is 0 Å². The van der Waals surface area contributed by atoms with E-state index in [1.54, 1.807) is 13.8 Å². The van der Waals surface area contributed by atoms with E-state index in [0.717, 1.165) is 11.0 Å². The monoisotopic (exact) mass is 422 g/mol. The van der Waals surface area contributed by atoms with Gasteiger partial charge in [0.15, 0.2) is 0 Å². The molecule has 0 atom stereocenters. The Bertz CT molecular complexity index is 1190. The van der Waals surface area contributed by atoms with E-state index in [4.69, 9.17) is 16.3 Å². The SMILES string of the molecule is CC(C)(O)C(C)(C)OBc1cc(Cl)ccc1-c1cccc2c1sc1ccccc12. The zero-order valence-corrected chi connectivity index (χ0v) is 18.7. The van der Waals surface area contributed by atoms with E-state index >= 15 is 0 Å². The summed E-state index contributed by atoms with van der Waals surface area (Å²) in [6, 6.07) is 20.9. The van der Waals surface area contributed by atoms with E-state index in [2.05, 4.69) is 48.5 Å². The zero-order valence-electron chi connectivity index (χ0n) is 17.1. The van der Waals surface area contributed by atoms with Crippen LogP contribution in [0.5, 0.6) is 0 Å². The summed E-state index contributed by atoms with van der Waals surface area (Å²) in [7, 11) is 0.369. The Kier molecular flexibility index (Phi) is 5.24. The maximum absolute atomic E-state index is 10.4. The first-order valence-electron chi connectivity index (χ1n) is 9.73. The van der Waals surface area contributed by atoms with Crippen molar-refractivity contribution in [2.24, 2.45) is 0 Å². The van der Waals surface area contributed by atoms with E-state index in [0.29, 0.717) is 12.5 Å². The van der Waals surface area contributed by atoms with Gasteiger partial charge in [-0.2, -0.15) is 0 Å². The van der Waals surface area contributed by atoms with Crippen LogP contribution >= 0.6 is 22.9 Å². The van der Waals surface area contributed by atoms with Crippen molar-refractivity contribution < 1.29 is 9.76 Å². The van der Waals surface area contributed by atoms with Crippen molar-refractivity contribution in [3.63, 3.8) is 0 Å². The Morgan fingerprint density at radius 2 is 1.62 bits per heavy atom. The average molecular weight is 423 g/mol. The number of halogens is 1. The second kappa shape index (κ2) is 7.44. The molecule has 0 aliphatic rings. The maximum Gasteiger partial charge on any atom is 0.310 e. The van der Waals surface area contributed by atoms with Crippen LogP contribution in [0.15, 0.2) is 60.7 Å². The largest absolute Gasteiger partial charge is 0.427 e. The standard InChI is InChI=1S/C24H24BClO2S/c1-23(2,27)24(3,4)28-25-20-14-15(26)12-13-16(20)18-9-7-10-19-17-8-5-6-11-21(17)29-22(18)19/h5-14,25,27H,1-4H3. The van der Waals surface area contributed by atoms with Crippen molar-refractivity contribution in [3.8, 4) is 11.1 Å². The van der Waals surface area contributed by atoms with Gasteiger partial charge in [0, 0.05) is 25.2 Å². The molecule has 1 heterocycles. The van der Waals surface area contributed by atoms with Crippen LogP contribution in [-0.2, 0) is 4.65 Å². The molecule has 0 bridgehead atoms. The first kappa shape index (κ1) is 20.4. The molecule has 148 valence electrons. The van der Waals surface area contributed by atoms with Crippen molar-refractivity contribution in [2.45, 2.75) is 38.9 Å². The smallest absolute Gasteiger partial charge is 0.310 e. The molecule has 5 heteroatoms. The molecule has 3 aromatic carbocycles. The van der Waals surface area contributed by atoms with Crippen molar-refractivity contribution >= 4 is 56.1 Å². The van der Waals surface area contributed by atoms with Gasteiger partial charge in [0.05, 0.1) is 11.2 Å². The lowest BCUT2D eigenvalue weighted by molar-refractivity contribution is -0.0893. The summed E-state index contributed by atoms with van der Waals surface area (Å²) in [4.78, 5) is 0. The zero-order chi connectivity index (χ0) is 20.8. The molecule has 0 fully saturated rings. The van der Waals surface area contributed by atoms with Gasteiger partial charge in [-0.3, -0.25) is 0 Å². The highest BCUT2D eigenvalue weighted by Gasteiger charge is 2.35. The van der Waals surface area contributed by atoms with Crippen LogP contribution in [0, 0.1) is 0 Å². The number of benzene rings is 3. The summed E-state index contributed by atoms with van der Waals surface area (Å²) in [5, 5.41) is 13.7. The minimum absolute atomic E-state index is 0.369. The second-order valence-electron chi connectivity index (χ2n) is 8.44. The van der Waals surface area contributed by atoms with Crippen LogP contribution in [0.3, 0.4) is 0 Å². The van der Waals surface area contributed by atoms with Gasteiger partial charge in [-0.15, -0.1) is 11.3 Å². The topological polar surface area (TPSA) is 29.5 Å².